The Morgan fingerprint density at radius 2 is 1.82 bits per heavy atom. The number of carbonyl (C=O) groups excluding carboxylic acids is 3. The van der Waals surface area contributed by atoms with Crippen LogP contribution in [0.15, 0.2) is 34.4 Å². The number of nitrogens with one attached hydrogen (secondary N) is 2. The summed E-state index contributed by atoms with van der Waals surface area (Å²) in [6, 6.07) is 5.57. The molecule has 0 radical (unpaired) electrons. The highest BCUT2D eigenvalue weighted by atomic mass is 32.1. The van der Waals surface area contributed by atoms with Gasteiger partial charge in [-0.2, -0.15) is 0 Å². The summed E-state index contributed by atoms with van der Waals surface area (Å²) >= 11 is 1.47. The summed E-state index contributed by atoms with van der Waals surface area (Å²) in [7, 11) is 0. The number of hydrogen-bond acceptors (Lipinski definition) is 7. The number of carbonyl (C=O) groups is 3. The molecule has 1 aromatic carbocycles. The van der Waals surface area contributed by atoms with Gasteiger partial charge in [-0.25, -0.2) is 4.98 Å². The van der Waals surface area contributed by atoms with Crippen molar-refractivity contribution in [2.45, 2.75) is 94.2 Å². The lowest BCUT2D eigenvalue weighted by Gasteiger charge is -2.34. The summed E-state index contributed by atoms with van der Waals surface area (Å²) < 4.78 is 0. The molecule has 0 aliphatic carbocycles. The summed E-state index contributed by atoms with van der Waals surface area (Å²) in [6.07, 6.45) is 0.267. The molecule has 3 heterocycles. The lowest BCUT2D eigenvalue weighted by atomic mass is 9.77. The van der Waals surface area contributed by atoms with Crippen LogP contribution in [0, 0.1) is 30.6 Å². The third kappa shape index (κ3) is 9.38. The molecule has 1 aliphatic heterocycles. The van der Waals surface area contributed by atoms with Crippen molar-refractivity contribution in [3.8, 4) is 0 Å². The van der Waals surface area contributed by atoms with Crippen molar-refractivity contribution in [1.29, 1.82) is 0 Å². The number of nitrogens with zero attached hydrogens (tertiary/aromatic N) is 2. The molecule has 1 fully saturated rings. The van der Waals surface area contributed by atoms with Gasteiger partial charge in [0, 0.05) is 35.8 Å². The minimum atomic E-state index is -1.09. The maximum absolute atomic E-state index is 13.5. The zero-order chi connectivity index (χ0) is 33.6. The average Bonchev–Trinajstić information content (AvgIpc) is 3.41. The van der Waals surface area contributed by atoms with Gasteiger partial charge < -0.3 is 26.7 Å². The molecule has 0 bridgehead atoms. The molecule has 0 saturated carbocycles. The van der Waals surface area contributed by atoms with Crippen LogP contribution in [0.1, 0.15) is 78.6 Å². The Hall–Kier alpha value is -3.73. The van der Waals surface area contributed by atoms with Crippen LogP contribution in [0.3, 0.4) is 0 Å². The quantitative estimate of drug-likeness (QED) is 0.309. The van der Waals surface area contributed by atoms with Gasteiger partial charge in [0.25, 0.3) is 5.56 Å². The van der Waals surface area contributed by atoms with Gasteiger partial charge in [-0.1, -0.05) is 67.0 Å². The molecule has 242 valence electrons. The Labute approximate surface area is 265 Å². The van der Waals surface area contributed by atoms with Gasteiger partial charge in [0.2, 0.25) is 17.7 Å². The molecule has 44 heavy (non-hydrogen) atoms. The van der Waals surface area contributed by atoms with Crippen LogP contribution < -0.4 is 22.3 Å². The lowest BCUT2D eigenvalue weighted by molar-refractivity contribution is -0.142. The molecule has 11 heteroatoms. The predicted molar refractivity (Wildman–Crippen MR) is 179 cm³/mol. The number of aromatic nitrogens is 2. The number of benzene rings is 1. The number of fused-ring (bicyclic) bond motifs is 1. The second-order valence-electron chi connectivity index (χ2n) is 13.1. The molecule has 1 aliphatic rings. The smallest absolute Gasteiger partial charge is 0.251 e. The van der Waals surface area contributed by atoms with Crippen molar-refractivity contribution < 1.29 is 14.4 Å². The molecule has 10 nitrogen and oxygen atoms in total. The number of anilines is 1. The summed E-state index contributed by atoms with van der Waals surface area (Å²) in [4.78, 5) is 60.0. The van der Waals surface area contributed by atoms with E-state index in [4.69, 9.17) is 11.5 Å². The van der Waals surface area contributed by atoms with Crippen LogP contribution in [-0.4, -0.2) is 51.2 Å². The van der Waals surface area contributed by atoms with Gasteiger partial charge in [-0.15, -0.1) is 11.3 Å². The van der Waals surface area contributed by atoms with E-state index >= 15 is 0 Å². The number of primary amides is 1. The number of nitrogens with two attached hydrogens (primary N) is 2. The first-order valence-electron chi connectivity index (χ1n) is 15.1. The standard InChI is InChI=1S/C27H38N4O4.C4H6N2S.C2H6/c1-15-8-9-19-17(10-15)11-18(24(34)29-19)12-20(23(28)33)30-25(35)22-27(6,7)16(2)14-31(22)21(32)13-26(3,4)5;1-3-2-7-4(5)6-3;1-2/h8-11,16,20,22H,12-14H2,1-7H3,(H2,28,33)(H,29,34)(H,30,35);2H,1H3,(H2,5,6);1-2H3/t16?,20?,22-;;/m1../s1. The molecular weight excluding hydrogens is 576 g/mol. The van der Waals surface area contributed by atoms with E-state index in [9.17, 15) is 19.2 Å². The van der Waals surface area contributed by atoms with E-state index in [-0.39, 0.29) is 29.2 Å². The number of amides is 3. The second-order valence-corrected chi connectivity index (χ2v) is 14.0. The number of nitrogen functional groups attached to an aromatic ring is 1. The van der Waals surface area contributed by atoms with Gasteiger partial charge >= 0.3 is 0 Å². The van der Waals surface area contributed by atoms with Gasteiger partial charge in [0.05, 0.1) is 5.69 Å². The maximum Gasteiger partial charge on any atom is 0.251 e. The third-order valence-corrected chi connectivity index (χ3v) is 8.60. The predicted octanol–water partition coefficient (Wildman–Crippen LogP) is 4.72. The number of rotatable bonds is 6. The fourth-order valence-corrected chi connectivity index (χ4v) is 5.72. The van der Waals surface area contributed by atoms with Crippen LogP contribution >= 0.6 is 11.3 Å². The molecular formula is C33H50N6O4S. The molecule has 2 aromatic heterocycles. The molecule has 3 amide bonds. The van der Waals surface area contributed by atoms with E-state index in [1.165, 1.54) is 11.3 Å². The van der Waals surface area contributed by atoms with Crippen molar-refractivity contribution in [3.63, 3.8) is 0 Å². The van der Waals surface area contributed by atoms with Crippen LogP contribution in [0.2, 0.25) is 0 Å². The van der Waals surface area contributed by atoms with Crippen molar-refractivity contribution >= 4 is 45.1 Å². The van der Waals surface area contributed by atoms with E-state index in [1.54, 1.807) is 11.0 Å². The molecule has 2 unspecified atom stereocenters. The Morgan fingerprint density at radius 3 is 2.32 bits per heavy atom. The topological polar surface area (TPSA) is 164 Å². The normalized spacial score (nSPS) is 18.0. The fourth-order valence-electron chi connectivity index (χ4n) is 5.18. The molecule has 0 spiro atoms. The maximum atomic E-state index is 13.5. The van der Waals surface area contributed by atoms with Crippen LogP contribution in [0.25, 0.3) is 10.9 Å². The van der Waals surface area contributed by atoms with Gasteiger partial charge in [0.1, 0.15) is 12.1 Å². The highest BCUT2D eigenvalue weighted by Gasteiger charge is 2.51. The van der Waals surface area contributed by atoms with Gasteiger partial charge in [-0.3, -0.25) is 19.2 Å². The number of aryl methyl sites for hydroxylation is 2. The fraction of sp³-hybridized carbons (Fsp3) is 0.545. The van der Waals surface area contributed by atoms with E-state index < -0.39 is 29.3 Å². The highest BCUT2D eigenvalue weighted by molar-refractivity contribution is 7.13. The first-order chi connectivity index (χ1) is 20.4. The van der Waals surface area contributed by atoms with Gasteiger partial charge in [-0.05, 0) is 54.2 Å². The van der Waals surface area contributed by atoms with E-state index in [1.807, 2.05) is 92.8 Å². The van der Waals surface area contributed by atoms with Gasteiger partial charge in [0.15, 0.2) is 5.13 Å². The number of aromatic amines is 1. The van der Waals surface area contributed by atoms with Crippen molar-refractivity contribution in [2.75, 3.05) is 12.3 Å². The summed E-state index contributed by atoms with van der Waals surface area (Å²) in [5, 5.41) is 6.17. The zero-order valence-electron chi connectivity index (χ0n) is 27.8. The molecule has 3 aromatic rings. The Morgan fingerprint density at radius 1 is 1.18 bits per heavy atom. The molecule has 4 rings (SSSR count). The van der Waals surface area contributed by atoms with Crippen molar-refractivity contribution in [3.05, 3.63) is 56.8 Å². The first-order valence-corrected chi connectivity index (χ1v) is 16.0. The number of likely N-dealkylation sites (tertiary alicyclic amines) is 1. The monoisotopic (exact) mass is 626 g/mol. The van der Waals surface area contributed by atoms with E-state index in [2.05, 4.69) is 15.3 Å². The largest absolute Gasteiger partial charge is 0.375 e. The number of pyridine rings is 1. The minimum absolute atomic E-state index is 0.0427. The van der Waals surface area contributed by atoms with Crippen LogP contribution in [0.5, 0.6) is 0 Å². The number of thiazole rings is 1. The number of hydrogen-bond donors (Lipinski definition) is 4. The van der Waals surface area contributed by atoms with E-state index in [0.29, 0.717) is 29.2 Å². The number of H-pyrrole nitrogens is 1. The molecule has 1 saturated heterocycles. The highest BCUT2D eigenvalue weighted by Crippen LogP contribution is 2.42. The lowest BCUT2D eigenvalue weighted by Crippen LogP contribution is -2.56. The minimum Gasteiger partial charge on any atom is -0.375 e. The zero-order valence-corrected chi connectivity index (χ0v) is 28.6. The Kier molecular flexibility index (Phi) is 12.3. The van der Waals surface area contributed by atoms with Crippen molar-refractivity contribution in [1.82, 2.24) is 20.2 Å². The first kappa shape index (κ1) is 36.5. The summed E-state index contributed by atoms with van der Waals surface area (Å²) in [5.74, 6) is -1.18. The summed E-state index contributed by atoms with van der Waals surface area (Å²) in [5.41, 5.74) is 13.0. The average molecular weight is 627 g/mol. The SMILES string of the molecule is CC.Cc1ccc2[nH]c(=O)c(CC(NC(=O)[C@H]3N(C(=O)CC(C)(C)C)CC(C)C3(C)C)C(N)=O)cc2c1.Cc1csc(N)n1. The van der Waals surface area contributed by atoms with Crippen LogP contribution in [-0.2, 0) is 20.8 Å². The molecule has 6 N–H and O–H groups in total. The summed E-state index contributed by atoms with van der Waals surface area (Å²) in [6.45, 7) is 20.2. The van der Waals surface area contributed by atoms with Crippen molar-refractivity contribution in [2.24, 2.45) is 22.5 Å². The van der Waals surface area contributed by atoms with E-state index in [0.717, 1.165) is 16.6 Å². The van der Waals surface area contributed by atoms with Crippen LogP contribution in [0.4, 0.5) is 5.13 Å². The third-order valence-electron chi connectivity index (χ3n) is 7.80. The Balaban J connectivity index is 0.000000649. The second kappa shape index (κ2) is 14.8. The Bertz CT molecular complexity index is 1500. The molecule has 3 atom stereocenters.